The number of epoxide rings is 1. The van der Waals surface area contributed by atoms with Crippen molar-refractivity contribution >= 4 is 17.8 Å². The number of nitrogens with one attached hydrogen (secondary N) is 3. The molecular formula is C20H30N4O6. The third kappa shape index (κ3) is 7.97. The highest BCUT2D eigenvalue weighted by Gasteiger charge is 2.51. The topological polar surface area (TPSA) is 166 Å². The molecule has 1 aliphatic rings. The summed E-state index contributed by atoms with van der Waals surface area (Å²) in [4.78, 5) is 35.8. The number of phenolic OH excluding ortho intramolecular Hbond substituents is 1. The van der Waals surface area contributed by atoms with Crippen molar-refractivity contribution in [3.8, 4) is 5.75 Å². The fraction of sp³-hybridized carbons (Fsp3) is 0.550. The molecule has 0 aliphatic carbocycles. The average Bonchev–Trinajstić information content (AvgIpc) is 3.52. The van der Waals surface area contributed by atoms with Crippen molar-refractivity contribution in [2.75, 3.05) is 26.2 Å². The molecule has 10 heteroatoms. The van der Waals surface area contributed by atoms with Crippen LogP contribution in [0.4, 0.5) is 0 Å². The van der Waals surface area contributed by atoms with Gasteiger partial charge in [-0.15, -0.1) is 0 Å². The lowest BCUT2D eigenvalue weighted by atomic mass is 10.0. The number of nitrogens with two attached hydrogens (primary N) is 1. The summed E-state index contributed by atoms with van der Waals surface area (Å²) in [7, 11) is 0. The zero-order valence-corrected chi connectivity index (χ0v) is 16.8. The number of ether oxygens (including phenoxy) is 1. The molecule has 1 fully saturated rings. The molecule has 0 aromatic heterocycles. The number of carboxylic acids is 1. The van der Waals surface area contributed by atoms with Gasteiger partial charge in [-0.25, -0.2) is 4.79 Å². The number of carbonyl (C=O) groups is 3. The van der Waals surface area contributed by atoms with Crippen LogP contribution < -0.4 is 21.7 Å². The number of aliphatic carboxylic acids is 1. The van der Waals surface area contributed by atoms with E-state index in [9.17, 15) is 19.5 Å². The van der Waals surface area contributed by atoms with Gasteiger partial charge in [-0.2, -0.15) is 0 Å². The van der Waals surface area contributed by atoms with Crippen molar-refractivity contribution in [3.05, 3.63) is 29.8 Å². The van der Waals surface area contributed by atoms with Crippen LogP contribution >= 0.6 is 0 Å². The maximum Gasteiger partial charge on any atom is 0.336 e. The van der Waals surface area contributed by atoms with E-state index in [1.54, 1.807) is 12.1 Å². The number of aromatic hydroxyl groups is 1. The molecule has 0 spiro atoms. The Hall–Kier alpha value is -2.69. The largest absolute Gasteiger partial charge is 0.508 e. The number of carbonyl (C=O) groups excluding carboxylic acids is 2. The molecule has 166 valence electrons. The Morgan fingerprint density at radius 1 is 1.03 bits per heavy atom. The van der Waals surface area contributed by atoms with Crippen molar-refractivity contribution in [1.29, 1.82) is 0 Å². The first kappa shape index (κ1) is 23.6. The second kappa shape index (κ2) is 12.1. The number of benzene rings is 1. The van der Waals surface area contributed by atoms with Crippen LogP contribution in [0.2, 0.25) is 0 Å². The third-order valence-electron chi connectivity index (χ3n) is 4.64. The smallest absolute Gasteiger partial charge is 0.336 e. The van der Waals surface area contributed by atoms with E-state index in [0.29, 0.717) is 13.1 Å². The summed E-state index contributed by atoms with van der Waals surface area (Å²) in [6.45, 7) is 2.80. The van der Waals surface area contributed by atoms with Gasteiger partial charge in [0, 0.05) is 13.0 Å². The van der Waals surface area contributed by atoms with Gasteiger partial charge in [0.15, 0.2) is 12.2 Å². The standard InChI is InChI=1S/C20H30N4O6/c21-8-3-10-22-9-1-2-11-23-18(26)15(12-13-4-6-14(25)7-5-13)24-19(27)16-17(30-16)20(28)29/h4-7,15-17,22,25H,1-3,8-12,21H2,(H,23,26)(H,24,27)(H,28,29)/t15-,16+,17+/m0/s1. The fourth-order valence-electron chi connectivity index (χ4n) is 2.89. The van der Waals surface area contributed by atoms with Crippen LogP contribution in [0, 0.1) is 0 Å². The Kier molecular flexibility index (Phi) is 9.52. The quantitative estimate of drug-likeness (QED) is 0.166. The van der Waals surface area contributed by atoms with E-state index in [2.05, 4.69) is 16.0 Å². The molecule has 0 unspecified atom stereocenters. The van der Waals surface area contributed by atoms with Gasteiger partial charge < -0.3 is 36.6 Å². The Bertz CT molecular complexity index is 712. The number of unbranched alkanes of at least 4 members (excludes halogenated alkanes) is 1. The molecule has 10 nitrogen and oxygen atoms in total. The first-order chi connectivity index (χ1) is 14.4. The fourth-order valence-corrected chi connectivity index (χ4v) is 2.89. The summed E-state index contributed by atoms with van der Waals surface area (Å²) in [5, 5.41) is 26.9. The van der Waals surface area contributed by atoms with Crippen molar-refractivity contribution in [2.45, 2.75) is 43.9 Å². The molecule has 0 saturated carbocycles. The van der Waals surface area contributed by atoms with Crippen LogP contribution in [-0.2, 0) is 25.5 Å². The highest BCUT2D eigenvalue weighted by atomic mass is 16.6. The van der Waals surface area contributed by atoms with E-state index in [1.165, 1.54) is 12.1 Å². The predicted octanol–water partition coefficient (Wildman–Crippen LogP) is -0.894. The zero-order valence-electron chi connectivity index (χ0n) is 16.8. The van der Waals surface area contributed by atoms with Crippen LogP contribution in [0.3, 0.4) is 0 Å². The van der Waals surface area contributed by atoms with Gasteiger partial charge in [-0.3, -0.25) is 9.59 Å². The Morgan fingerprint density at radius 2 is 1.70 bits per heavy atom. The maximum absolute atomic E-state index is 12.6. The number of amides is 2. The number of carboxylic acid groups (broad SMARTS) is 1. The summed E-state index contributed by atoms with van der Waals surface area (Å²) >= 11 is 0. The minimum Gasteiger partial charge on any atom is -0.508 e. The lowest BCUT2D eigenvalue weighted by molar-refractivity contribution is -0.138. The second-order valence-electron chi connectivity index (χ2n) is 7.14. The van der Waals surface area contributed by atoms with Gasteiger partial charge in [0.1, 0.15) is 11.8 Å². The van der Waals surface area contributed by atoms with Gasteiger partial charge in [-0.1, -0.05) is 12.1 Å². The van der Waals surface area contributed by atoms with Gasteiger partial charge >= 0.3 is 5.97 Å². The summed E-state index contributed by atoms with van der Waals surface area (Å²) in [5.74, 6) is -2.11. The lowest BCUT2D eigenvalue weighted by Crippen LogP contribution is -2.49. The van der Waals surface area contributed by atoms with E-state index in [1.807, 2.05) is 0 Å². The molecule has 1 heterocycles. The maximum atomic E-state index is 12.6. The summed E-state index contributed by atoms with van der Waals surface area (Å²) in [6.07, 6.45) is 0.516. The number of phenols is 1. The van der Waals surface area contributed by atoms with Crippen LogP contribution in [0.15, 0.2) is 24.3 Å². The molecule has 0 radical (unpaired) electrons. The number of hydrogen-bond donors (Lipinski definition) is 6. The molecule has 7 N–H and O–H groups in total. The summed E-state index contributed by atoms with van der Waals surface area (Å²) < 4.78 is 4.85. The van der Waals surface area contributed by atoms with E-state index < -0.39 is 30.1 Å². The molecule has 2 rings (SSSR count). The molecule has 1 aliphatic heterocycles. The first-order valence-corrected chi connectivity index (χ1v) is 10.1. The van der Waals surface area contributed by atoms with Crippen LogP contribution in [0.5, 0.6) is 5.75 Å². The van der Waals surface area contributed by atoms with E-state index in [4.69, 9.17) is 15.6 Å². The molecule has 1 aromatic rings. The Labute approximate surface area is 175 Å². The molecule has 1 saturated heterocycles. The Morgan fingerprint density at radius 3 is 2.33 bits per heavy atom. The molecule has 30 heavy (non-hydrogen) atoms. The molecule has 3 atom stereocenters. The number of hydrogen-bond acceptors (Lipinski definition) is 7. The minimum absolute atomic E-state index is 0.0968. The van der Waals surface area contributed by atoms with Crippen LogP contribution in [0.25, 0.3) is 0 Å². The van der Waals surface area contributed by atoms with Gasteiger partial charge in [-0.05, 0) is 56.6 Å². The zero-order chi connectivity index (χ0) is 21.9. The van der Waals surface area contributed by atoms with Crippen molar-refractivity contribution in [2.24, 2.45) is 5.73 Å². The van der Waals surface area contributed by atoms with E-state index in [-0.39, 0.29) is 18.1 Å². The summed E-state index contributed by atoms with van der Waals surface area (Å²) in [5.41, 5.74) is 6.17. The minimum atomic E-state index is -1.21. The first-order valence-electron chi connectivity index (χ1n) is 10.1. The lowest BCUT2D eigenvalue weighted by Gasteiger charge is -2.18. The highest BCUT2D eigenvalue weighted by molar-refractivity contribution is 5.95. The normalized spacial score (nSPS) is 18.4. The molecule has 2 amide bonds. The van der Waals surface area contributed by atoms with Crippen molar-refractivity contribution in [1.82, 2.24) is 16.0 Å². The average molecular weight is 422 g/mol. The van der Waals surface area contributed by atoms with Crippen LogP contribution in [-0.4, -0.2) is 72.4 Å². The van der Waals surface area contributed by atoms with Gasteiger partial charge in [0.2, 0.25) is 5.91 Å². The SMILES string of the molecule is NCCCNCCCCNC(=O)[C@H](Cc1ccc(O)cc1)NC(=O)[C@@H]1O[C@H]1C(=O)O. The van der Waals surface area contributed by atoms with Gasteiger partial charge in [0.25, 0.3) is 5.91 Å². The Balaban J connectivity index is 1.83. The van der Waals surface area contributed by atoms with E-state index in [0.717, 1.165) is 37.9 Å². The summed E-state index contributed by atoms with van der Waals surface area (Å²) in [6, 6.07) is 5.41. The highest BCUT2D eigenvalue weighted by Crippen LogP contribution is 2.22. The van der Waals surface area contributed by atoms with Crippen LogP contribution in [0.1, 0.15) is 24.8 Å². The van der Waals surface area contributed by atoms with Gasteiger partial charge in [0.05, 0.1) is 0 Å². The predicted molar refractivity (Wildman–Crippen MR) is 109 cm³/mol. The van der Waals surface area contributed by atoms with E-state index >= 15 is 0 Å². The number of rotatable bonds is 14. The molecular weight excluding hydrogens is 392 g/mol. The van der Waals surface area contributed by atoms with Crippen molar-refractivity contribution in [3.63, 3.8) is 0 Å². The monoisotopic (exact) mass is 422 g/mol. The molecule has 0 bridgehead atoms. The van der Waals surface area contributed by atoms with Crippen molar-refractivity contribution < 1.29 is 29.3 Å². The third-order valence-corrected chi connectivity index (χ3v) is 4.64. The molecule has 1 aromatic carbocycles. The second-order valence-corrected chi connectivity index (χ2v) is 7.14.